The van der Waals surface area contributed by atoms with Crippen molar-refractivity contribution < 1.29 is 4.42 Å². The number of halogens is 1. The molecule has 0 aliphatic rings. The first-order valence-electron chi connectivity index (χ1n) is 4.55. The third-order valence-electron chi connectivity index (χ3n) is 2.13. The minimum Gasteiger partial charge on any atom is -0.453 e. The fraction of sp³-hybridized carbons (Fsp3) is 0.400. The molecule has 1 aromatic rings. The van der Waals surface area contributed by atoms with Gasteiger partial charge in [-0.15, -0.1) is 0 Å². The van der Waals surface area contributed by atoms with Gasteiger partial charge in [-0.25, -0.2) is 5.43 Å². The number of hydrazine groups is 1. The quantitative estimate of drug-likeness (QED) is 0.485. The van der Waals surface area contributed by atoms with Crippen molar-refractivity contribution in [1.82, 2.24) is 5.43 Å². The minimum absolute atomic E-state index is 0.00810. The molecule has 0 radical (unpaired) electrons. The van der Waals surface area contributed by atoms with Crippen LogP contribution < -0.4 is 11.3 Å². The van der Waals surface area contributed by atoms with Crippen molar-refractivity contribution in [3.63, 3.8) is 0 Å². The molecular weight excluding hydrogens is 244 g/mol. The molecule has 1 heterocycles. The van der Waals surface area contributed by atoms with Crippen molar-refractivity contribution in [2.24, 2.45) is 5.84 Å². The maximum Gasteiger partial charge on any atom is 0.169 e. The molecule has 14 heavy (non-hydrogen) atoms. The van der Waals surface area contributed by atoms with E-state index in [4.69, 9.17) is 10.3 Å². The third-order valence-corrected chi connectivity index (χ3v) is 2.56. The van der Waals surface area contributed by atoms with Crippen LogP contribution in [0.3, 0.4) is 0 Å². The second kappa shape index (κ2) is 5.34. The van der Waals surface area contributed by atoms with Crippen LogP contribution in [0.4, 0.5) is 0 Å². The predicted molar refractivity (Wildman–Crippen MR) is 60.5 cm³/mol. The Bertz CT molecular complexity index is 309. The Morgan fingerprint density at radius 1 is 1.71 bits per heavy atom. The minimum atomic E-state index is 0.00810. The summed E-state index contributed by atoms with van der Waals surface area (Å²) in [5.74, 6) is 6.28. The first-order chi connectivity index (χ1) is 6.67. The average molecular weight is 259 g/mol. The molecule has 0 bridgehead atoms. The number of rotatable bonds is 5. The summed E-state index contributed by atoms with van der Waals surface area (Å²) in [5.41, 5.74) is 3.87. The highest BCUT2D eigenvalue weighted by Crippen LogP contribution is 2.25. The maximum absolute atomic E-state index is 5.45. The second-order valence-corrected chi connectivity index (χ2v) is 3.95. The van der Waals surface area contributed by atoms with E-state index < -0.39 is 0 Å². The van der Waals surface area contributed by atoms with Crippen LogP contribution in [0.15, 0.2) is 33.4 Å². The first-order valence-corrected chi connectivity index (χ1v) is 5.34. The van der Waals surface area contributed by atoms with Gasteiger partial charge in [-0.1, -0.05) is 19.1 Å². The molecule has 0 aromatic carbocycles. The Morgan fingerprint density at radius 2 is 2.43 bits per heavy atom. The van der Waals surface area contributed by atoms with Gasteiger partial charge in [-0.3, -0.25) is 5.84 Å². The van der Waals surface area contributed by atoms with Crippen molar-refractivity contribution in [1.29, 1.82) is 0 Å². The van der Waals surface area contributed by atoms with Gasteiger partial charge in [0.05, 0.1) is 6.04 Å². The average Bonchev–Trinajstić information content (AvgIpc) is 2.60. The highest BCUT2D eigenvalue weighted by Gasteiger charge is 2.14. The summed E-state index contributed by atoms with van der Waals surface area (Å²) in [4.78, 5) is 0. The molecule has 0 spiro atoms. The van der Waals surface area contributed by atoms with Crippen LogP contribution in [0.2, 0.25) is 0 Å². The van der Waals surface area contributed by atoms with E-state index in [9.17, 15) is 0 Å². The summed E-state index contributed by atoms with van der Waals surface area (Å²) in [6.45, 7) is 6.02. The van der Waals surface area contributed by atoms with Crippen LogP contribution in [-0.2, 0) is 0 Å². The highest BCUT2D eigenvalue weighted by atomic mass is 79.9. The van der Waals surface area contributed by atoms with E-state index in [-0.39, 0.29) is 6.04 Å². The molecule has 1 unspecified atom stereocenters. The van der Waals surface area contributed by atoms with Crippen molar-refractivity contribution >= 4 is 15.9 Å². The molecule has 78 valence electrons. The molecule has 0 aliphatic heterocycles. The van der Waals surface area contributed by atoms with E-state index in [1.165, 1.54) is 0 Å². The van der Waals surface area contributed by atoms with Crippen LogP contribution in [0.1, 0.15) is 31.6 Å². The lowest BCUT2D eigenvalue weighted by Crippen LogP contribution is -2.27. The molecule has 1 rings (SSSR count). The summed E-state index contributed by atoms with van der Waals surface area (Å²) in [6.07, 6.45) is 1.76. The van der Waals surface area contributed by atoms with Gasteiger partial charge >= 0.3 is 0 Å². The predicted octanol–water partition coefficient (Wildman–Crippen LogP) is 2.90. The lowest BCUT2D eigenvalue weighted by molar-refractivity contribution is 0.403. The number of furan rings is 1. The molecule has 1 aromatic heterocycles. The van der Waals surface area contributed by atoms with E-state index in [1.807, 2.05) is 12.1 Å². The zero-order valence-corrected chi connectivity index (χ0v) is 9.80. The molecule has 0 fully saturated rings. The van der Waals surface area contributed by atoms with Crippen molar-refractivity contribution in [3.8, 4) is 0 Å². The van der Waals surface area contributed by atoms with E-state index in [0.717, 1.165) is 28.8 Å². The number of nitrogens with one attached hydrogen (secondary N) is 1. The van der Waals surface area contributed by atoms with E-state index >= 15 is 0 Å². The third kappa shape index (κ3) is 2.97. The number of hydrogen-bond acceptors (Lipinski definition) is 3. The molecular formula is C10H15BrN2O. The Morgan fingerprint density at radius 3 is 2.86 bits per heavy atom. The molecule has 3 nitrogen and oxygen atoms in total. The molecule has 0 amide bonds. The molecule has 4 heteroatoms. The Labute approximate surface area is 92.5 Å². The Balaban J connectivity index is 2.67. The number of nitrogens with two attached hydrogens (primary N) is 1. The van der Waals surface area contributed by atoms with E-state index in [2.05, 4.69) is 34.9 Å². The van der Waals surface area contributed by atoms with Gasteiger partial charge in [0.1, 0.15) is 5.76 Å². The first kappa shape index (κ1) is 11.5. The van der Waals surface area contributed by atoms with Crippen molar-refractivity contribution in [2.75, 3.05) is 0 Å². The maximum atomic E-state index is 5.45. The van der Waals surface area contributed by atoms with Crippen molar-refractivity contribution in [2.45, 2.75) is 25.8 Å². The van der Waals surface area contributed by atoms with Crippen LogP contribution in [-0.4, -0.2) is 0 Å². The van der Waals surface area contributed by atoms with Gasteiger partial charge in [-0.2, -0.15) is 0 Å². The number of hydrogen-bond donors (Lipinski definition) is 2. The molecule has 0 saturated carbocycles. The standard InChI is InChI=1S/C10H15BrN2O/c1-3-7(2)6-8(13-12)9-4-5-10(11)14-9/h4-5,8,13H,2-3,6,12H2,1H3. The molecule has 0 saturated heterocycles. The summed E-state index contributed by atoms with van der Waals surface area (Å²) in [6, 6.07) is 3.76. The molecule has 3 N–H and O–H groups in total. The summed E-state index contributed by atoms with van der Waals surface area (Å²) in [5, 5.41) is 0. The van der Waals surface area contributed by atoms with Gasteiger partial charge in [0, 0.05) is 0 Å². The van der Waals surface area contributed by atoms with E-state index in [0.29, 0.717) is 0 Å². The van der Waals surface area contributed by atoms with Crippen LogP contribution >= 0.6 is 15.9 Å². The summed E-state index contributed by atoms with van der Waals surface area (Å²) in [7, 11) is 0. The second-order valence-electron chi connectivity index (χ2n) is 3.17. The van der Waals surface area contributed by atoms with Crippen LogP contribution in [0.5, 0.6) is 0 Å². The topological polar surface area (TPSA) is 51.2 Å². The van der Waals surface area contributed by atoms with E-state index in [1.54, 1.807) is 0 Å². The lowest BCUT2D eigenvalue weighted by atomic mass is 10.0. The van der Waals surface area contributed by atoms with Gasteiger partial charge in [0.15, 0.2) is 4.67 Å². The van der Waals surface area contributed by atoms with Crippen LogP contribution in [0.25, 0.3) is 0 Å². The molecule has 1 atom stereocenters. The van der Waals surface area contributed by atoms with Gasteiger partial charge < -0.3 is 4.42 Å². The normalized spacial score (nSPS) is 12.8. The van der Waals surface area contributed by atoms with Crippen molar-refractivity contribution in [3.05, 3.63) is 34.7 Å². The molecule has 0 aliphatic carbocycles. The summed E-state index contributed by atoms with van der Waals surface area (Å²) >= 11 is 3.26. The fourth-order valence-corrected chi connectivity index (χ4v) is 1.51. The summed E-state index contributed by atoms with van der Waals surface area (Å²) < 4.78 is 6.13. The van der Waals surface area contributed by atoms with Gasteiger partial charge in [0.2, 0.25) is 0 Å². The Hall–Kier alpha value is -0.580. The lowest BCUT2D eigenvalue weighted by Gasteiger charge is -2.13. The highest BCUT2D eigenvalue weighted by molar-refractivity contribution is 9.10. The van der Waals surface area contributed by atoms with Gasteiger partial charge in [0.25, 0.3) is 0 Å². The zero-order valence-electron chi connectivity index (χ0n) is 8.22. The smallest absolute Gasteiger partial charge is 0.169 e. The SMILES string of the molecule is C=C(CC)CC(NN)c1ccc(Br)o1. The van der Waals surface area contributed by atoms with Gasteiger partial charge in [-0.05, 0) is 40.9 Å². The van der Waals surface area contributed by atoms with Crippen LogP contribution in [0, 0.1) is 0 Å². The zero-order chi connectivity index (χ0) is 10.6. The Kier molecular flexibility index (Phi) is 4.38. The fourth-order valence-electron chi connectivity index (χ4n) is 1.19. The monoisotopic (exact) mass is 258 g/mol. The largest absolute Gasteiger partial charge is 0.453 e.